The molecule has 30 heavy (non-hydrogen) atoms. The first-order chi connectivity index (χ1) is 14.9. The van der Waals surface area contributed by atoms with Crippen molar-refractivity contribution in [2.75, 3.05) is 16.5 Å². The maximum atomic E-state index is 4.42. The van der Waals surface area contributed by atoms with Crippen LogP contribution in [0, 0.1) is 0 Å². The lowest BCUT2D eigenvalue weighted by Gasteiger charge is -2.22. The molecule has 0 atom stereocenters. The van der Waals surface area contributed by atoms with Crippen LogP contribution in [0.1, 0.15) is 0 Å². The maximum absolute atomic E-state index is 4.42. The molecule has 0 radical (unpaired) electrons. The summed E-state index contributed by atoms with van der Waals surface area (Å²) in [7, 11) is 0. The summed E-state index contributed by atoms with van der Waals surface area (Å²) in [6, 6.07) is 34.3. The summed E-state index contributed by atoms with van der Waals surface area (Å²) in [5.74, 6) is 0. The van der Waals surface area contributed by atoms with Crippen molar-refractivity contribution >= 4 is 33.8 Å². The number of rotatable bonds is 3. The van der Waals surface area contributed by atoms with Crippen molar-refractivity contribution in [1.29, 1.82) is 0 Å². The van der Waals surface area contributed by atoms with Gasteiger partial charge in [0.15, 0.2) is 0 Å². The number of aromatic amines is 1. The van der Waals surface area contributed by atoms with Gasteiger partial charge in [-0.15, -0.1) is 0 Å². The molecule has 0 aliphatic carbocycles. The van der Waals surface area contributed by atoms with Crippen LogP contribution in [0.4, 0.5) is 22.7 Å². The third-order valence-corrected chi connectivity index (χ3v) is 5.73. The predicted octanol–water partition coefficient (Wildman–Crippen LogP) is 6.48. The first-order valence-electron chi connectivity index (χ1n) is 10.1. The average molecular weight is 388 g/mol. The summed E-state index contributed by atoms with van der Waals surface area (Å²) in [6.07, 6.45) is 1.74. The zero-order valence-corrected chi connectivity index (χ0v) is 16.4. The summed E-state index contributed by atoms with van der Waals surface area (Å²) >= 11 is 0. The van der Waals surface area contributed by atoms with Crippen molar-refractivity contribution in [3.05, 3.63) is 103 Å². The van der Waals surface area contributed by atoms with Crippen molar-refractivity contribution in [2.45, 2.75) is 0 Å². The quantitative estimate of drug-likeness (QED) is 0.384. The van der Waals surface area contributed by atoms with Gasteiger partial charge in [0.2, 0.25) is 0 Å². The van der Waals surface area contributed by atoms with Crippen LogP contribution in [0.3, 0.4) is 0 Å². The number of anilines is 4. The third-order valence-electron chi connectivity index (χ3n) is 5.73. The Morgan fingerprint density at radius 3 is 2.00 bits per heavy atom. The summed E-state index contributed by atoms with van der Waals surface area (Å²) in [5, 5.41) is 0. The highest BCUT2D eigenvalue weighted by atomic mass is 15.4. The van der Waals surface area contributed by atoms with Gasteiger partial charge in [-0.3, -0.25) is 0 Å². The minimum Gasteiger partial charge on any atom is -0.345 e. The van der Waals surface area contributed by atoms with Crippen molar-refractivity contribution in [2.24, 2.45) is 0 Å². The van der Waals surface area contributed by atoms with Crippen molar-refractivity contribution in [3.63, 3.8) is 0 Å². The minimum absolute atomic E-state index is 0.783. The SMILES string of the molecule is c1ccc(N2CN(c3ccccc3)c3cc(-c4ccc5[nH]cnc5c4)ccc32)cc1. The number of para-hydroxylation sites is 2. The summed E-state index contributed by atoms with van der Waals surface area (Å²) in [4.78, 5) is 12.3. The fraction of sp³-hybridized carbons (Fsp3) is 0.0385. The van der Waals surface area contributed by atoms with Crippen molar-refractivity contribution in [1.82, 2.24) is 9.97 Å². The van der Waals surface area contributed by atoms with Crippen molar-refractivity contribution in [3.8, 4) is 11.1 Å². The summed E-state index contributed by atoms with van der Waals surface area (Å²) in [6.45, 7) is 0.783. The van der Waals surface area contributed by atoms with Gasteiger partial charge in [-0.05, 0) is 59.7 Å². The van der Waals surface area contributed by atoms with Crippen LogP contribution in [-0.4, -0.2) is 16.6 Å². The second-order valence-electron chi connectivity index (χ2n) is 7.51. The molecule has 1 N–H and O–H groups in total. The Labute approximate surface area is 175 Å². The molecule has 4 aromatic carbocycles. The predicted molar refractivity (Wildman–Crippen MR) is 124 cm³/mol. The van der Waals surface area contributed by atoms with Gasteiger partial charge in [0, 0.05) is 11.4 Å². The molecule has 0 bridgehead atoms. The van der Waals surface area contributed by atoms with Crippen LogP contribution in [0.2, 0.25) is 0 Å². The molecule has 0 spiro atoms. The first-order valence-corrected chi connectivity index (χ1v) is 10.1. The van der Waals surface area contributed by atoms with E-state index in [0.717, 1.165) is 17.7 Å². The van der Waals surface area contributed by atoms with Gasteiger partial charge in [0.05, 0.1) is 28.7 Å². The Balaban J connectivity index is 1.49. The van der Waals surface area contributed by atoms with Gasteiger partial charge in [0.1, 0.15) is 6.67 Å². The molecule has 1 aromatic heterocycles. The molecule has 0 fully saturated rings. The number of fused-ring (bicyclic) bond motifs is 2. The lowest BCUT2D eigenvalue weighted by molar-refractivity contribution is 0.991. The van der Waals surface area contributed by atoms with E-state index in [1.54, 1.807) is 6.33 Å². The Kier molecular flexibility index (Phi) is 3.81. The highest BCUT2D eigenvalue weighted by molar-refractivity contribution is 5.91. The van der Waals surface area contributed by atoms with E-state index in [4.69, 9.17) is 0 Å². The second-order valence-corrected chi connectivity index (χ2v) is 7.51. The highest BCUT2D eigenvalue weighted by Gasteiger charge is 2.28. The Hall–Kier alpha value is -4.05. The van der Waals surface area contributed by atoms with Gasteiger partial charge in [-0.2, -0.15) is 0 Å². The zero-order chi connectivity index (χ0) is 19.9. The van der Waals surface area contributed by atoms with Gasteiger partial charge in [-0.25, -0.2) is 4.98 Å². The third kappa shape index (κ3) is 2.73. The van der Waals surface area contributed by atoms with E-state index >= 15 is 0 Å². The fourth-order valence-electron chi connectivity index (χ4n) is 4.21. The molecular formula is C26H20N4. The number of H-pyrrole nitrogens is 1. The molecule has 0 unspecified atom stereocenters. The molecule has 1 aliphatic heterocycles. The minimum atomic E-state index is 0.783. The van der Waals surface area contributed by atoms with E-state index in [9.17, 15) is 0 Å². The van der Waals surface area contributed by atoms with E-state index in [2.05, 4.69) is 117 Å². The summed E-state index contributed by atoms with van der Waals surface area (Å²) < 4.78 is 0. The molecule has 6 rings (SSSR count). The molecule has 1 aliphatic rings. The molecule has 2 heterocycles. The summed E-state index contributed by atoms with van der Waals surface area (Å²) in [5.41, 5.74) is 9.22. The van der Waals surface area contributed by atoms with Gasteiger partial charge < -0.3 is 14.8 Å². The molecule has 4 nitrogen and oxygen atoms in total. The Morgan fingerprint density at radius 2 is 1.27 bits per heavy atom. The monoisotopic (exact) mass is 388 g/mol. The lowest BCUT2D eigenvalue weighted by atomic mass is 10.0. The van der Waals surface area contributed by atoms with E-state index < -0.39 is 0 Å². The number of hydrogen-bond acceptors (Lipinski definition) is 3. The number of hydrogen-bond donors (Lipinski definition) is 1. The van der Waals surface area contributed by atoms with Crippen LogP contribution in [-0.2, 0) is 0 Å². The molecule has 144 valence electrons. The number of nitrogens with zero attached hydrogens (tertiary/aromatic N) is 3. The smallest absolute Gasteiger partial charge is 0.100 e. The lowest BCUT2D eigenvalue weighted by Crippen LogP contribution is -2.23. The van der Waals surface area contributed by atoms with Crippen LogP contribution in [0.5, 0.6) is 0 Å². The van der Waals surface area contributed by atoms with E-state index in [0.29, 0.717) is 0 Å². The topological polar surface area (TPSA) is 35.2 Å². The van der Waals surface area contributed by atoms with Gasteiger partial charge in [0.25, 0.3) is 0 Å². The number of nitrogens with one attached hydrogen (secondary N) is 1. The Bertz CT molecular complexity index is 1330. The number of aromatic nitrogens is 2. The Morgan fingerprint density at radius 1 is 0.633 bits per heavy atom. The highest BCUT2D eigenvalue weighted by Crippen LogP contribution is 2.45. The molecule has 0 saturated heterocycles. The molecule has 5 aromatic rings. The number of benzene rings is 4. The average Bonchev–Trinajstić information content (AvgIpc) is 3.44. The van der Waals surface area contributed by atoms with E-state index in [1.165, 1.54) is 33.9 Å². The molecule has 4 heteroatoms. The van der Waals surface area contributed by atoms with Crippen molar-refractivity contribution < 1.29 is 0 Å². The maximum Gasteiger partial charge on any atom is 0.100 e. The second kappa shape index (κ2) is 6.78. The normalized spacial score (nSPS) is 13.1. The van der Waals surface area contributed by atoms with E-state index in [-0.39, 0.29) is 0 Å². The number of imidazole rings is 1. The largest absolute Gasteiger partial charge is 0.345 e. The van der Waals surface area contributed by atoms with Crippen LogP contribution >= 0.6 is 0 Å². The van der Waals surface area contributed by atoms with Gasteiger partial charge in [-0.1, -0.05) is 48.5 Å². The van der Waals surface area contributed by atoms with Gasteiger partial charge >= 0.3 is 0 Å². The molecular weight excluding hydrogens is 368 g/mol. The molecule has 0 amide bonds. The molecule has 0 saturated carbocycles. The van der Waals surface area contributed by atoms with E-state index in [1.807, 2.05) is 0 Å². The van der Waals surface area contributed by atoms with Crippen LogP contribution < -0.4 is 9.80 Å². The van der Waals surface area contributed by atoms with Crippen LogP contribution in [0.15, 0.2) is 103 Å². The van der Waals surface area contributed by atoms with Crippen LogP contribution in [0.25, 0.3) is 22.2 Å². The fourth-order valence-corrected chi connectivity index (χ4v) is 4.21. The standard InChI is InChI=1S/C26H20N4/c1-3-7-21(8-4-1)29-18-30(22-9-5-2-6-10-22)26-16-20(12-14-25(26)29)19-11-13-23-24(15-19)28-17-27-23/h1-17H,18H2,(H,27,28). The first kappa shape index (κ1) is 16.9. The zero-order valence-electron chi connectivity index (χ0n) is 16.4.